The van der Waals surface area contributed by atoms with Crippen molar-refractivity contribution in [3.8, 4) is 0 Å². The normalized spacial score (nSPS) is 26.9. The number of nitrogens with one attached hydrogen (secondary N) is 1. The second kappa shape index (κ2) is 9.68. The van der Waals surface area contributed by atoms with Crippen molar-refractivity contribution in [2.24, 2.45) is 11.8 Å². The molecule has 2 aliphatic heterocycles. The Hall–Kier alpha value is -2.04. The highest BCUT2D eigenvalue weighted by Gasteiger charge is 2.65. The maximum Gasteiger partial charge on any atom is 0.262 e. The van der Waals surface area contributed by atoms with Gasteiger partial charge in [-0.3, -0.25) is 19.3 Å². The molecule has 2 fully saturated rings. The molecule has 0 saturated carbocycles. The first kappa shape index (κ1) is 27.0. The lowest BCUT2D eigenvalue weighted by Gasteiger charge is -2.40. The minimum absolute atomic E-state index is 0.0476. The molecule has 13 heteroatoms. The number of benzene rings is 1. The Morgan fingerprint density at radius 1 is 1.17 bits per heavy atom. The fraction of sp³-hybridized carbons (Fsp3) is 0.391. The summed E-state index contributed by atoms with van der Waals surface area (Å²) in [6, 6.07) is 4.63. The molecule has 4 rings (SSSR count). The number of carbonyl (C=O) groups excluding carboxylic acids is 3. The van der Waals surface area contributed by atoms with Crippen molar-refractivity contribution in [2.45, 2.75) is 37.8 Å². The molecular formula is C23H20Cl4F2N4O3. The number of aromatic nitrogens is 1. The van der Waals surface area contributed by atoms with Gasteiger partial charge in [-0.25, -0.2) is 18.7 Å². The first-order valence-electron chi connectivity index (χ1n) is 10.8. The number of halogens is 6. The van der Waals surface area contributed by atoms with Crippen LogP contribution < -0.4 is 10.2 Å². The lowest BCUT2D eigenvalue weighted by Crippen LogP contribution is -2.45. The van der Waals surface area contributed by atoms with E-state index >= 15 is 0 Å². The van der Waals surface area contributed by atoms with E-state index in [0.717, 1.165) is 4.90 Å². The van der Waals surface area contributed by atoms with E-state index in [9.17, 15) is 23.2 Å². The molecule has 0 bridgehead atoms. The fourth-order valence-electron chi connectivity index (χ4n) is 5.53. The number of fused-ring (bicyclic) bond motifs is 1. The van der Waals surface area contributed by atoms with E-state index in [0.29, 0.717) is 12.0 Å². The maximum atomic E-state index is 14.8. The van der Waals surface area contributed by atoms with Gasteiger partial charge in [0.2, 0.25) is 18.7 Å². The Balaban J connectivity index is 1.86. The predicted octanol–water partition coefficient (Wildman–Crippen LogP) is 5.64. The third-order valence-corrected chi connectivity index (χ3v) is 8.10. The predicted molar refractivity (Wildman–Crippen MR) is 134 cm³/mol. The number of carbonyl (C=O) groups is 3. The van der Waals surface area contributed by atoms with Gasteiger partial charge in [0.15, 0.2) is 0 Å². The zero-order chi connectivity index (χ0) is 26.6. The molecule has 0 aliphatic carbocycles. The molecule has 2 aromatic rings. The number of hydrogen-bond acceptors (Lipinski definition) is 5. The first-order valence-corrected chi connectivity index (χ1v) is 12.3. The quantitative estimate of drug-likeness (QED) is 0.353. The number of alkyl halides is 2. The molecule has 4 atom stereocenters. The van der Waals surface area contributed by atoms with Crippen LogP contribution in [0.5, 0.6) is 0 Å². The Morgan fingerprint density at radius 3 is 2.44 bits per heavy atom. The van der Waals surface area contributed by atoms with Gasteiger partial charge < -0.3 is 5.32 Å². The van der Waals surface area contributed by atoms with Gasteiger partial charge in [0, 0.05) is 34.1 Å². The van der Waals surface area contributed by atoms with Gasteiger partial charge in [0.05, 0.1) is 23.2 Å². The van der Waals surface area contributed by atoms with Crippen molar-refractivity contribution in [3.05, 3.63) is 50.0 Å². The van der Waals surface area contributed by atoms with E-state index in [1.165, 1.54) is 29.2 Å². The maximum absolute atomic E-state index is 14.8. The van der Waals surface area contributed by atoms with E-state index in [-0.39, 0.29) is 38.1 Å². The number of pyridine rings is 1. The third-order valence-electron chi connectivity index (χ3n) is 7.17. The fourth-order valence-corrected chi connectivity index (χ4v) is 6.54. The molecule has 3 heterocycles. The smallest absolute Gasteiger partial charge is 0.262 e. The zero-order valence-electron chi connectivity index (χ0n) is 18.9. The molecule has 192 valence electrons. The summed E-state index contributed by atoms with van der Waals surface area (Å²) in [7, 11) is 0. The highest BCUT2D eigenvalue weighted by atomic mass is 35.5. The lowest BCUT2D eigenvalue weighted by molar-refractivity contribution is -0.126. The van der Waals surface area contributed by atoms with E-state index in [1.54, 1.807) is 13.8 Å². The van der Waals surface area contributed by atoms with Crippen molar-refractivity contribution >= 4 is 76.6 Å². The van der Waals surface area contributed by atoms with Gasteiger partial charge in [-0.1, -0.05) is 53.3 Å². The average molecular weight is 580 g/mol. The summed E-state index contributed by atoms with van der Waals surface area (Å²) < 4.78 is 29.6. The van der Waals surface area contributed by atoms with Crippen LogP contribution >= 0.6 is 46.4 Å². The Bertz CT molecular complexity index is 1230. The van der Waals surface area contributed by atoms with Crippen molar-refractivity contribution in [2.75, 3.05) is 16.8 Å². The van der Waals surface area contributed by atoms with Crippen LogP contribution in [0.3, 0.4) is 0 Å². The molecule has 1 N–H and O–H groups in total. The highest BCUT2D eigenvalue weighted by molar-refractivity contribution is 6.37. The highest BCUT2D eigenvalue weighted by Crippen LogP contribution is 2.58. The molecule has 0 spiro atoms. The van der Waals surface area contributed by atoms with Gasteiger partial charge in [0.1, 0.15) is 11.0 Å². The van der Waals surface area contributed by atoms with Gasteiger partial charge in [0.25, 0.3) is 5.92 Å². The van der Waals surface area contributed by atoms with Crippen LogP contribution in [0.4, 0.5) is 20.3 Å². The van der Waals surface area contributed by atoms with Crippen LogP contribution in [0.15, 0.2) is 24.3 Å². The van der Waals surface area contributed by atoms with Crippen LogP contribution in [0, 0.1) is 11.8 Å². The number of imide groups is 1. The number of amides is 3. The van der Waals surface area contributed by atoms with Crippen molar-refractivity contribution in [1.29, 1.82) is 0 Å². The number of nitrogens with zero attached hydrogens (tertiary/aromatic N) is 3. The van der Waals surface area contributed by atoms with Crippen molar-refractivity contribution in [3.63, 3.8) is 0 Å². The molecule has 36 heavy (non-hydrogen) atoms. The van der Waals surface area contributed by atoms with Gasteiger partial charge >= 0.3 is 0 Å². The van der Waals surface area contributed by atoms with Crippen LogP contribution in [-0.2, 0) is 19.9 Å². The molecule has 1 aromatic heterocycles. The van der Waals surface area contributed by atoms with Crippen molar-refractivity contribution < 1.29 is 23.2 Å². The summed E-state index contributed by atoms with van der Waals surface area (Å²) in [5, 5.41) is 2.97. The molecule has 7 nitrogen and oxygen atoms in total. The second-order valence-electron chi connectivity index (χ2n) is 9.07. The molecule has 4 unspecified atom stereocenters. The molecule has 0 radical (unpaired) electrons. The Morgan fingerprint density at radius 2 is 1.83 bits per heavy atom. The summed E-state index contributed by atoms with van der Waals surface area (Å²) in [6.45, 7) is 2.77. The number of anilines is 2. The topological polar surface area (TPSA) is 82.6 Å². The van der Waals surface area contributed by atoms with Crippen LogP contribution in [0.25, 0.3) is 0 Å². The van der Waals surface area contributed by atoms with Gasteiger partial charge in [-0.2, -0.15) is 0 Å². The molecule has 2 aliphatic rings. The number of hydrogen-bond donors (Lipinski definition) is 1. The van der Waals surface area contributed by atoms with E-state index in [2.05, 4.69) is 10.3 Å². The summed E-state index contributed by atoms with van der Waals surface area (Å²) >= 11 is 24.6. The molecule has 2 saturated heterocycles. The van der Waals surface area contributed by atoms with Crippen LogP contribution in [0.2, 0.25) is 20.2 Å². The zero-order valence-corrected chi connectivity index (χ0v) is 22.0. The van der Waals surface area contributed by atoms with E-state index in [1.807, 2.05) is 0 Å². The minimum atomic E-state index is -3.10. The minimum Gasteiger partial charge on any atom is -0.327 e. The molecular weight excluding hydrogens is 560 g/mol. The summed E-state index contributed by atoms with van der Waals surface area (Å²) in [4.78, 5) is 43.5. The molecule has 3 amide bonds. The Kier molecular flexibility index (Phi) is 7.27. The lowest BCUT2D eigenvalue weighted by atomic mass is 9.74. The monoisotopic (exact) mass is 578 g/mol. The van der Waals surface area contributed by atoms with Gasteiger partial charge in [-0.05, 0) is 36.6 Å². The third kappa shape index (κ3) is 4.45. The van der Waals surface area contributed by atoms with E-state index in [4.69, 9.17) is 46.4 Å². The summed E-state index contributed by atoms with van der Waals surface area (Å²) in [5.74, 6) is -5.66. The second-order valence-corrected chi connectivity index (χ2v) is 10.7. The van der Waals surface area contributed by atoms with Crippen LogP contribution in [-0.4, -0.2) is 47.1 Å². The average Bonchev–Trinajstić information content (AvgIpc) is 3.19. The SMILES string of the molecule is CC1C(C(=O)N(C=O)c2cc(Cl)cc(Cl)n2)C2CC(F)(F)CN2C1(C)c1cc(Cl)cc(Cl)c1NC=O. The standard InChI is InChI=1S/C23H20Cl4F2N4O3/c1-11-19(21(36)32(10-35)18-6-13(25)5-17(27)31-18)16-7-23(28,29)8-33(16)22(11,2)14-3-12(24)4-15(26)20(14)30-9-34/h3-6,9-11,16,19H,7-8H2,1-2H3,(H,30,34). The Labute approximate surface area is 225 Å². The van der Waals surface area contributed by atoms with E-state index < -0.39 is 48.2 Å². The molecule has 1 aromatic carbocycles. The number of rotatable bonds is 6. The largest absolute Gasteiger partial charge is 0.327 e. The summed E-state index contributed by atoms with van der Waals surface area (Å²) in [6.07, 6.45) is 0.0697. The van der Waals surface area contributed by atoms with Crippen LogP contribution in [0.1, 0.15) is 25.8 Å². The van der Waals surface area contributed by atoms with Gasteiger partial charge in [-0.15, -0.1) is 0 Å². The van der Waals surface area contributed by atoms with Crippen molar-refractivity contribution in [1.82, 2.24) is 9.88 Å². The summed E-state index contributed by atoms with van der Waals surface area (Å²) in [5.41, 5.74) is -0.652. The first-order chi connectivity index (χ1) is 16.8.